The summed E-state index contributed by atoms with van der Waals surface area (Å²) >= 11 is 0. The lowest BCUT2D eigenvalue weighted by molar-refractivity contribution is 0.622. The Hall–Kier alpha value is -2.67. The van der Waals surface area contributed by atoms with Crippen LogP contribution in [-0.2, 0) is 6.54 Å². The Morgan fingerprint density at radius 2 is 1.90 bits per heavy atom. The highest BCUT2D eigenvalue weighted by atomic mass is 19.1. The average molecular weight is 268 g/mol. The van der Waals surface area contributed by atoms with Crippen molar-refractivity contribution < 1.29 is 8.78 Å². The molecule has 2 nitrogen and oxygen atoms in total. The molecule has 0 spiro atoms. The monoisotopic (exact) mass is 268 g/mol. The fourth-order valence-corrected chi connectivity index (χ4v) is 2.26. The second kappa shape index (κ2) is 4.78. The van der Waals surface area contributed by atoms with Gasteiger partial charge in [-0.05, 0) is 42.0 Å². The highest BCUT2D eigenvalue weighted by Gasteiger charge is 2.06. The molecule has 0 fully saturated rings. The summed E-state index contributed by atoms with van der Waals surface area (Å²) in [7, 11) is 0. The zero-order chi connectivity index (χ0) is 14.1. The summed E-state index contributed by atoms with van der Waals surface area (Å²) in [6, 6.07) is 12.7. The normalized spacial score (nSPS) is 10.7. The molecule has 0 N–H and O–H groups in total. The van der Waals surface area contributed by atoms with Crippen molar-refractivity contribution in [3.05, 3.63) is 71.4 Å². The lowest BCUT2D eigenvalue weighted by Gasteiger charge is -2.06. The van der Waals surface area contributed by atoms with Gasteiger partial charge in [0.2, 0.25) is 0 Å². The highest BCUT2D eigenvalue weighted by molar-refractivity contribution is 5.80. The third kappa shape index (κ3) is 2.14. The van der Waals surface area contributed by atoms with E-state index in [0.29, 0.717) is 6.54 Å². The molecule has 3 rings (SSSR count). The van der Waals surface area contributed by atoms with Crippen molar-refractivity contribution in [1.82, 2.24) is 4.57 Å². The number of rotatable bonds is 2. The van der Waals surface area contributed by atoms with E-state index in [-0.39, 0.29) is 11.4 Å². The lowest BCUT2D eigenvalue weighted by Crippen LogP contribution is -1.99. The summed E-state index contributed by atoms with van der Waals surface area (Å²) in [5.41, 5.74) is 1.75. The topological polar surface area (TPSA) is 28.7 Å². The van der Waals surface area contributed by atoms with Gasteiger partial charge in [0.25, 0.3) is 0 Å². The summed E-state index contributed by atoms with van der Waals surface area (Å²) in [6.07, 6.45) is 1.85. The summed E-state index contributed by atoms with van der Waals surface area (Å²) in [5.74, 6) is -0.792. The first-order valence-electron chi connectivity index (χ1n) is 6.10. The Balaban J connectivity index is 1.99. The van der Waals surface area contributed by atoms with Crippen LogP contribution in [0.1, 0.15) is 11.1 Å². The van der Waals surface area contributed by atoms with Crippen LogP contribution in [-0.4, -0.2) is 4.57 Å². The molecule has 0 atom stereocenters. The molecule has 1 heterocycles. The van der Waals surface area contributed by atoms with Crippen molar-refractivity contribution in [2.45, 2.75) is 6.54 Å². The maximum atomic E-state index is 13.3. The third-order valence-corrected chi connectivity index (χ3v) is 3.24. The fraction of sp³-hybridized carbons (Fsp3) is 0.0625. The van der Waals surface area contributed by atoms with Gasteiger partial charge in [-0.3, -0.25) is 0 Å². The average Bonchev–Trinajstić information content (AvgIpc) is 2.83. The van der Waals surface area contributed by atoms with Gasteiger partial charge in [0.1, 0.15) is 17.7 Å². The predicted molar refractivity (Wildman–Crippen MR) is 72.1 cm³/mol. The van der Waals surface area contributed by atoms with Gasteiger partial charge in [0.05, 0.1) is 5.56 Å². The van der Waals surface area contributed by atoms with Crippen molar-refractivity contribution in [2.24, 2.45) is 0 Å². The van der Waals surface area contributed by atoms with E-state index in [1.807, 2.05) is 22.9 Å². The standard InChI is InChI=1S/C16H10F2N2/c17-14-2-4-16-12(8-14)5-6-20(16)10-11-1-3-15(18)13(7-11)9-19/h1-8H,10H2. The van der Waals surface area contributed by atoms with Crippen LogP contribution in [0.2, 0.25) is 0 Å². The Bertz CT molecular complexity index is 828. The van der Waals surface area contributed by atoms with Crippen LogP contribution in [0.3, 0.4) is 0 Å². The van der Waals surface area contributed by atoms with Crippen LogP contribution in [0.25, 0.3) is 10.9 Å². The Labute approximate surface area is 114 Å². The summed E-state index contributed by atoms with van der Waals surface area (Å²) in [6.45, 7) is 0.504. The van der Waals surface area contributed by atoms with E-state index in [0.717, 1.165) is 16.5 Å². The van der Waals surface area contributed by atoms with Crippen LogP contribution < -0.4 is 0 Å². The van der Waals surface area contributed by atoms with E-state index in [1.165, 1.54) is 24.3 Å². The molecular weight excluding hydrogens is 258 g/mol. The van der Waals surface area contributed by atoms with Gasteiger partial charge >= 0.3 is 0 Å². The van der Waals surface area contributed by atoms with Gasteiger partial charge in [-0.1, -0.05) is 6.07 Å². The maximum Gasteiger partial charge on any atom is 0.140 e. The molecule has 0 aliphatic rings. The summed E-state index contributed by atoms with van der Waals surface area (Å²) in [5, 5.41) is 9.65. The molecule has 0 aliphatic heterocycles. The second-order valence-corrected chi connectivity index (χ2v) is 4.57. The SMILES string of the molecule is N#Cc1cc(Cn2ccc3cc(F)ccc32)ccc1F. The van der Waals surface area contributed by atoms with Crippen molar-refractivity contribution >= 4 is 10.9 Å². The zero-order valence-electron chi connectivity index (χ0n) is 10.5. The molecule has 1 aromatic heterocycles. The number of halogens is 2. The molecule has 3 aromatic rings. The molecule has 0 amide bonds. The first-order valence-corrected chi connectivity index (χ1v) is 6.10. The van der Waals surface area contributed by atoms with Crippen molar-refractivity contribution in [3.63, 3.8) is 0 Å². The molecule has 0 saturated carbocycles. The van der Waals surface area contributed by atoms with Gasteiger partial charge in [0.15, 0.2) is 0 Å². The summed E-state index contributed by atoms with van der Waals surface area (Å²) in [4.78, 5) is 0. The van der Waals surface area contributed by atoms with Crippen LogP contribution >= 0.6 is 0 Å². The molecule has 0 aliphatic carbocycles. The van der Waals surface area contributed by atoms with Crippen LogP contribution in [0.4, 0.5) is 8.78 Å². The van der Waals surface area contributed by atoms with Crippen LogP contribution in [0.5, 0.6) is 0 Å². The molecule has 0 saturated heterocycles. The fourth-order valence-electron chi connectivity index (χ4n) is 2.26. The first kappa shape index (κ1) is 12.4. The van der Waals surface area contributed by atoms with E-state index in [4.69, 9.17) is 5.26 Å². The minimum atomic E-state index is -0.518. The molecule has 98 valence electrons. The number of benzene rings is 2. The molecule has 2 aromatic carbocycles. The zero-order valence-corrected chi connectivity index (χ0v) is 10.5. The van der Waals surface area contributed by atoms with Gasteiger partial charge in [-0.2, -0.15) is 5.26 Å². The maximum absolute atomic E-state index is 13.3. The Morgan fingerprint density at radius 1 is 1.05 bits per heavy atom. The third-order valence-electron chi connectivity index (χ3n) is 3.24. The van der Waals surface area contributed by atoms with Crippen molar-refractivity contribution in [1.29, 1.82) is 5.26 Å². The minimum Gasteiger partial charge on any atom is -0.343 e. The quantitative estimate of drug-likeness (QED) is 0.694. The number of fused-ring (bicyclic) bond motifs is 1. The van der Waals surface area contributed by atoms with E-state index in [1.54, 1.807) is 12.1 Å². The highest BCUT2D eigenvalue weighted by Crippen LogP contribution is 2.19. The predicted octanol–water partition coefficient (Wildman–Crippen LogP) is 3.84. The number of aromatic nitrogens is 1. The molecule has 0 radical (unpaired) electrons. The molecular formula is C16H10F2N2. The van der Waals surface area contributed by atoms with E-state index < -0.39 is 5.82 Å². The Morgan fingerprint density at radius 3 is 2.70 bits per heavy atom. The molecule has 0 unspecified atom stereocenters. The number of hydrogen-bond donors (Lipinski definition) is 0. The van der Waals surface area contributed by atoms with Crippen LogP contribution in [0.15, 0.2) is 48.7 Å². The minimum absolute atomic E-state index is 0.0324. The number of nitrogens with zero attached hydrogens (tertiary/aromatic N) is 2. The van der Waals surface area contributed by atoms with Crippen molar-refractivity contribution in [2.75, 3.05) is 0 Å². The first-order chi connectivity index (χ1) is 9.67. The van der Waals surface area contributed by atoms with Crippen molar-refractivity contribution in [3.8, 4) is 6.07 Å². The lowest BCUT2D eigenvalue weighted by atomic mass is 10.1. The van der Waals surface area contributed by atoms with E-state index >= 15 is 0 Å². The van der Waals surface area contributed by atoms with Gasteiger partial charge in [-0.15, -0.1) is 0 Å². The largest absolute Gasteiger partial charge is 0.343 e. The number of nitriles is 1. The van der Waals surface area contributed by atoms with Crippen LogP contribution in [0, 0.1) is 23.0 Å². The molecule has 20 heavy (non-hydrogen) atoms. The van der Waals surface area contributed by atoms with E-state index in [9.17, 15) is 8.78 Å². The Kier molecular flexibility index (Phi) is 2.96. The van der Waals surface area contributed by atoms with Gasteiger partial charge < -0.3 is 4.57 Å². The number of hydrogen-bond acceptors (Lipinski definition) is 1. The van der Waals surface area contributed by atoms with E-state index in [2.05, 4.69) is 0 Å². The second-order valence-electron chi connectivity index (χ2n) is 4.57. The summed E-state index contributed by atoms with van der Waals surface area (Å²) < 4.78 is 28.3. The van der Waals surface area contributed by atoms with Gasteiger partial charge in [-0.25, -0.2) is 8.78 Å². The smallest absolute Gasteiger partial charge is 0.140 e. The molecule has 4 heteroatoms. The molecule has 0 bridgehead atoms. The van der Waals surface area contributed by atoms with Gasteiger partial charge in [0, 0.05) is 23.6 Å².